The van der Waals surface area contributed by atoms with Crippen molar-refractivity contribution in [3.63, 3.8) is 0 Å². The number of nitrogens with zero attached hydrogens (tertiary/aromatic N) is 3. The Morgan fingerprint density at radius 2 is 2.00 bits per heavy atom. The van der Waals surface area contributed by atoms with E-state index >= 15 is 0 Å². The van der Waals surface area contributed by atoms with Gasteiger partial charge in [-0.15, -0.1) is 0 Å². The van der Waals surface area contributed by atoms with Crippen LogP contribution in [0.25, 0.3) is 0 Å². The number of ether oxygens (including phenoxy) is 1. The first-order valence-electron chi connectivity index (χ1n) is 12.8. The number of phenolic OH excluding ortho intramolecular Hbond substituents is 1. The normalized spacial score (nSPS) is 28.5. The van der Waals surface area contributed by atoms with Gasteiger partial charge in [-0.25, -0.2) is 0 Å². The molecular formula is C28H26F3N3O5. The van der Waals surface area contributed by atoms with E-state index in [1.165, 1.54) is 17.0 Å². The van der Waals surface area contributed by atoms with E-state index in [1.807, 2.05) is 7.05 Å². The fourth-order valence-electron chi connectivity index (χ4n) is 7.44. The van der Waals surface area contributed by atoms with Crippen LogP contribution in [0.3, 0.4) is 0 Å². The van der Waals surface area contributed by atoms with Crippen LogP contribution in [-0.2, 0) is 22.8 Å². The van der Waals surface area contributed by atoms with Crippen LogP contribution >= 0.6 is 0 Å². The molecule has 39 heavy (non-hydrogen) atoms. The van der Waals surface area contributed by atoms with Gasteiger partial charge in [-0.2, -0.15) is 13.2 Å². The monoisotopic (exact) mass is 541 g/mol. The minimum Gasteiger partial charge on any atom is -0.504 e. The quantitative estimate of drug-likeness (QED) is 0.353. The zero-order chi connectivity index (χ0) is 27.9. The number of piperidine rings is 1. The summed E-state index contributed by atoms with van der Waals surface area (Å²) in [5.41, 5.74) is 0.112. The van der Waals surface area contributed by atoms with E-state index in [4.69, 9.17) is 4.74 Å². The number of phenols is 1. The smallest absolute Gasteiger partial charge is 0.416 e. The molecule has 0 unspecified atom stereocenters. The van der Waals surface area contributed by atoms with Gasteiger partial charge in [-0.3, -0.25) is 14.9 Å². The fourth-order valence-corrected chi connectivity index (χ4v) is 7.44. The number of carbonyl (C=O) groups excluding carboxylic acids is 1. The first-order chi connectivity index (χ1) is 18.4. The van der Waals surface area contributed by atoms with E-state index < -0.39 is 40.1 Å². The van der Waals surface area contributed by atoms with Gasteiger partial charge in [0.2, 0.25) is 0 Å². The van der Waals surface area contributed by atoms with Crippen molar-refractivity contribution in [2.24, 2.45) is 5.92 Å². The van der Waals surface area contributed by atoms with Crippen LogP contribution < -0.4 is 4.74 Å². The van der Waals surface area contributed by atoms with Gasteiger partial charge in [0.25, 0.3) is 11.6 Å². The first-order valence-corrected chi connectivity index (χ1v) is 12.8. The number of aromatic hydroxyl groups is 1. The Morgan fingerprint density at radius 1 is 1.28 bits per heavy atom. The highest BCUT2D eigenvalue weighted by Crippen LogP contribution is 2.65. The molecule has 2 bridgehead atoms. The number of hydrogen-bond acceptors (Lipinski definition) is 6. The molecule has 2 aromatic rings. The molecule has 0 radical (unpaired) electrons. The van der Waals surface area contributed by atoms with Crippen LogP contribution in [0.4, 0.5) is 18.9 Å². The van der Waals surface area contributed by atoms with Crippen LogP contribution in [-0.4, -0.2) is 64.6 Å². The summed E-state index contributed by atoms with van der Waals surface area (Å²) >= 11 is 0. The number of amides is 1. The molecular weight excluding hydrogens is 515 g/mol. The molecule has 5 atom stereocenters. The van der Waals surface area contributed by atoms with Crippen molar-refractivity contribution >= 4 is 11.6 Å². The average molecular weight is 542 g/mol. The maximum absolute atomic E-state index is 13.2. The largest absolute Gasteiger partial charge is 0.504 e. The highest BCUT2D eigenvalue weighted by molar-refractivity contribution is 5.94. The Labute approximate surface area is 222 Å². The Morgan fingerprint density at radius 3 is 2.67 bits per heavy atom. The van der Waals surface area contributed by atoms with Crippen LogP contribution in [0.5, 0.6) is 11.5 Å². The fraction of sp³-hybridized carbons (Fsp3) is 0.464. The molecule has 1 N–H and O–H groups in total. The Balaban J connectivity index is 1.34. The van der Waals surface area contributed by atoms with Crippen molar-refractivity contribution in [2.45, 2.75) is 55.5 Å². The standard InChI is InChI=1S/C28H26F3N3O5/c1-32-12-11-27-18-8-9-19(33(2)23(36)10-5-15-3-6-16(7-4-15)28(29,30)31)26(27)39-25-22(35)14-20(34(37)38)17(24(25)27)13-21(18)32/h3-4,6-7,14,18-19,21,26,35H,8-9,11-13H2,1-2H3/t18-,19-,21+,26-,27-/m0/s1. The molecule has 6 rings (SSSR count). The minimum atomic E-state index is -4.46. The van der Waals surface area contributed by atoms with E-state index in [0.29, 0.717) is 24.8 Å². The van der Waals surface area contributed by atoms with Crippen molar-refractivity contribution in [1.29, 1.82) is 0 Å². The summed E-state index contributed by atoms with van der Waals surface area (Å²) in [6.45, 7) is 0.751. The maximum atomic E-state index is 13.2. The minimum absolute atomic E-state index is 0.0768. The van der Waals surface area contributed by atoms with Gasteiger partial charge < -0.3 is 19.6 Å². The highest BCUT2D eigenvalue weighted by atomic mass is 19.4. The second-order valence-electron chi connectivity index (χ2n) is 10.9. The average Bonchev–Trinajstić information content (AvgIpc) is 3.24. The predicted molar refractivity (Wildman–Crippen MR) is 133 cm³/mol. The summed E-state index contributed by atoms with van der Waals surface area (Å²) in [6, 6.07) is 5.13. The molecule has 2 aromatic carbocycles. The van der Waals surface area contributed by atoms with Crippen LogP contribution in [0, 0.1) is 27.9 Å². The van der Waals surface area contributed by atoms with Crippen LogP contribution in [0.1, 0.15) is 41.5 Å². The SMILES string of the molecule is CN1CC[C@]23c4c5c([N+](=O)[O-])cc(O)c4O[C@H]2[C@@H](N(C)C(=O)C#Cc2ccc(C(F)(F)F)cc2)CC[C@H]3[C@H]1C5. The number of likely N-dealkylation sites (tertiary alicyclic amines) is 1. The molecule has 0 aromatic heterocycles. The number of halogens is 3. The van der Waals surface area contributed by atoms with Gasteiger partial charge in [-0.1, -0.05) is 5.92 Å². The third-order valence-corrected chi connectivity index (χ3v) is 9.21. The lowest BCUT2D eigenvalue weighted by atomic mass is 9.51. The molecule has 1 saturated heterocycles. The Bertz CT molecular complexity index is 1450. The first kappa shape index (κ1) is 25.5. The zero-order valence-electron chi connectivity index (χ0n) is 21.3. The summed E-state index contributed by atoms with van der Waals surface area (Å²) in [6.07, 6.45) is -2.42. The van der Waals surface area contributed by atoms with Gasteiger partial charge >= 0.3 is 6.18 Å². The second kappa shape index (κ2) is 8.61. The van der Waals surface area contributed by atoms with Crippen molar-refractivity contribution in [3.05, 3.63) is 62.7 Å². The summed E-state index contributed by atoms with van der Waals surface area (Å²) in [4.78, 5) is 28.4. The molecule has 1 saturated carbocycles. The van der Waals surface area contributed by atoms with E-state index in [-0.39, 0.29) is 34.7 Å². The van der Waals surface area contributed by atoms with Gasteiger partial charge in [0.15, 0.2) is 11.5 Å². The van der Waals surface area contributed by atoms with Crippen molar-refractivity contribution in [1.82, 2.24) is 9.80 Å². The van der Waals surface area contributed by atoms with Gasteiger partial charge in [0, 0.05) is 41.1 Å². The number of rotatable bonds is 2. The third-order valence-electron chi connectivity index (χ3n) is 9.21. The van der Waals surface area contributed by atoms with Gasteiger partial charge in [-0.05, 0) is 69.5 Å². The zero-order valence-corrected chi connectivity index (χ0v) is 21.3. The number of benzene rings is 2. The van der Waals surface area contributed by atoms with Crippen molar-refractivity contribution in [3.8, 4) is 23.3 Å². The number of nitro groups is 1. The van der Waals surface area contributed by atoms with Crippen LogP contribution in [0.2, 0.25) is 0 Å². The predicted octanol–water partition coefficient (Wildman–Crippen LogP) is 3.87. The van der Waals surface area contributed by atoms with Crippen LogP contribution in [0.15, 0.2) is 30.3 Å². The third kappa shape index (κ3) is 3.68. The molecule has 2 heterocycles. The second-order valence-corrected chi connectivity index (χ2v) is 10.9. The molecule has 2 fully saturated rings. The summed E-state index contributed by atoms with van der Waals surface area (Å²) < 4.78 is 45.0. The van der Waals surface area contributed by atoms with E-state index in [9.17, 15) is 33.2 Å². The summed E-state index contributed by atoms with van der Waals surface area (Å²) in [5.74, 6) is 4.84. The highest BCUT2D eigenvalue weighted by Gasteiger charge is 2.67. The molecule has 1 amide bonds. The van der Waals surface area contributed by atoms with Gasteiger partial charge in [0.1, 0.15) is 6.10 Å². The number of carbonyl (C=O) groups is 1. The topological polar surface area (TPSA) is 96.2 Å². The number of hydrogen-bond donors (Lipinski definition) is 1. The lowest BCUT2D eigenvalue weighted by Gasteiger charge is -2.59. The molecule has 204 valence electrons. The molecule has 2 aliphatic carbocycles. The lowest BCUT2D eigenvalue weighted by Crippen LogP contribution is -2.68. The van der Waals surface area contributed by atoms with E-state index in [0.717, 1.165) is 36.7 Å². The van der Waals surface area contributed by atoms with E-state index in [2.05, 4.69) is 16.7 Å². The number of nitro benzene ring substituents is 1. The Hall–Kier alpha value is -3.78. The molecule has 11 heteroatoms. The van der Waals surface area contributed by atoms with Crippen molar-refractivity contribution < 1.29 is 32.7 Å². The van der Waals surface area contributed by atoms with Gasteiger partial charge in [0.05, 0.1) is 22.6 Å². The van der Waals surface area contributed by atoms with Crippen molar-refractivity contribution in [2.75, 3.05) is 20.6 Å². The maximum Gasteiger partial charge on any atom is 0.416 e. The summed E-state index contributed by atoms with van der Waals surface area (Å²) in [7, 11) is 3.65. The molecule has 4 aliphatic rings. The molecule has 8 nitrogen and oxygen atoms in total. The molecule has 1 spiro atoms. The number of alkyl halides is 3. The number of likely N-dealkylation sites (N-methyl/N-ethyl adjacent to an activating group) is 2. The lowest BCUT2D eigenvalue weighted by molar-refractivity contribution is -0.385. The summed E-state index contributed by atoms with van der Waals surface area (Å²) in [5, 5.41) is 22.7. The van der Waals surface area contributed by atoms with E-state index in [1.54, 1.807) is 7.05 Å². The molecule has 2 aliphatic heterocycles. The Kier molecular flexibility index (Phi) is 5.63.